The summed E-state index contributed by atoms with van der Waals surface area (Å²) in [6, 6.07) is 17.2. The van der Waals surface area contributed by atoms with Crippen molar-refractivity contribution in [2.24, 2.45) is 0 Å². The number of hydrogen-bond acceptors (Lipinski definition) is 6. The van der Waals surface area contributed by atoms with Crippen molar-refractivity contribution >= 4 is 39.3 Å². The maximum absolute atomic E-state index is 12.2. The number of esters is 1. The highest BCUT2D eigenvalue weighted by atomic mass is 32.2. The van der Waals surface area contributed by atoms with Crippen LogP contribution in [0.5, 0.6) is 0 Å². The lowest BCUT2D eigenvalue weighted by Gasteiger charge is -2.09. The Bertz CT molecular complexity index is 882. The van der Waals surface area contributed by atoms with Gasteiger partial charge in [0, 0.05) is 5.75 Å². The molecule has 0 saturated carbocycles. The molecule has 0 unspecified atom stereocenters. The lowest BCUT2D eigenvalue weighted by atomic mass is 10.1. The minimum atomic E-state index is -0.762. The lowest BCUT2D eigenvalue weighted by Crippen LogP contribution is -2.14. The standard InChI is InChI=1S/C18H14N2O2S2/c1-12(10-19)22-17(21)14-7-3-2-6-13(14)11-23-18-20-15-8-4-5-9-16(15)24-18/h2-9,12H,11H2,1H3/t12-/m1/s1. The summed E-state index contributed by atoms with van der Waals surface area (Å²) in [4.78, 5) is 16.8. The Morgan fingerprint density at radius 1 is 1.29 bits per heavy atom. The molecule has 0 aliphatic carbocycles. The lowest BCUT2D eigenvalue weighted by molar-refractivity contribution is 0.0434. The van der Waals surface area contributed by atoms with Crippen LogP contribution in [0.1, 0.15) is 22.8 Å². The number of nitriles is 1. The number of rotatable bonds is 5. The molecule has 0 saturated heterocycles. The molecule has 0 spiro atoms. The van der Waals surface area contributed by atoms with Gasteiger partial charge >= 0.3 is 5.97 Å². The van der Waals surface area contributed by atoms with Crippen LogP contribution < -0.4 is 0 Å². The number of carbonyl (C=O) groups excluding carboxylic acids is 1. The van der Waals surface area contributed by atoms with E-state index in [0.29, 0.717) is 11.3 Å². The van der Waals surface area contributed by atoms with Gasteiger partial charge in [0.05, 0.1) is 15.8 Å². The van der Waals surface area contributed by atoms with E-state index in [2.05, 4.69) is 4.98 Å². The molecule has 0 aliphatic rings. The quantitative estimate of drug-likeness (QED) is 0.493. The Hall–Kier alpha value is -2.36. The zero-order valence-electron chi connectivity index (χ0n) is 12.9. The summed E-state index contributed by atoms with van der Waals surface area (Å²) < 4.78 is 7.22. The number of nitrogens with zero attached hydrogens (tertiary/aromatic N) is 2. The van der Waals surface area contributed by atoms with Crippen LogP contribution in [0.4, 0.5) is 0 Å². The van der Waals surface area contributed by atoms with E-state index in [4.69, 9.17) is 10.00 Å². The average Bonchev–Trinajstić information content (AvgIpc) is 3.03. The van der Waals surface area contributed by atoms with E-state index in [-0.39, 0.29) is 0 Å². The number of aromatic nitrogens is 1. The molecule has 120 valence electrons. The van der Waals surface area contributed by atoms with Gasteiger partial charge in [0.15, 0.2) is 10.4 Å². The van der Waals surface area contributed by atoms with Crippen LogP contribution >= 0.6 is 23.1 Å². The predicted molar refractivity (Wildman–Crippen MR) is 96.1 cm³/mol. The highest BCUT2D eigenvalue weighted by Crippen LogP contribution is 2.32. The molecular formula is C18H14N2O2S2. The molecule has 0 bridgehead atoms. The number of thioether (sulfide) groups is 1. The molecule has 1 heterocycles. The van der Waals surface area contributed by atoms with Crippen molar-refractivity contribution in [1.29, 1.82) is 5.26 Å². The summed E-state index contributed by atoms with van der Waals surface area (Å²) in [6.45, 7) is 1.55. The maximum Gasteiger partial charge on any atom is 0.339 e. The molecule has 2 aromatic carbocycles. The van der Waals surface area contributed by atoms with Crippen LogP contribution in [0.2, 0.25) is 0 Å². The first-order valence-electron chi connectivity index (χ1n) is 7.34. The van der Waals surface area contributed by atoms with Gasteiger partial charge in [0.2, 0.25) is 0 Å². The Kier molecular flexibility index (Phi) is 5.14. The van der Waals surface area contributed by atoms with Crippen molar-refractivity contribution < 1.29 is 9.53 Å². The second-order valence-electron chi connectivity index (χ2n) is 5.07. The third kappa shape index (κ3) is 3.75. The highest BCUT2D eigenvalue weighted by Gasteiger charge is 2.15. The van der Waals surface area contributed by atoms with E-state index in [9.17, 15) is 4.79 Å². The summed E-state index contributed by atoms with van der Waals surface area (Å²) in [5, 5.41) is 8.78. The Morgan fingerprint density at radius 2 is 2.04 bits per heavy atom. The fourth-order valence-electron chi connectivity index (χ4n) is 2.15. The monoisotopic (exact) mass is 354 g/mol. The first-order chi connectivity index (χ1) is 11.7. The van der Waals surface area contributed by atoms with Gasteiger partial charge in [0.1, 0.15) is 6.07 Å². The Morgan fingerprint density at radius 3 is 2.83 bits per heavy atom. The summed E-state index contributed by atoms with van der Waals surface area (Å²) in [5.74, 6) is 0.149. The Labute approximate surface area is 148 Å². The van der Waals surface area contributed by atoms with Crippen LogP contribution in [0, 0.1) is 11.3 Å². The Balaban J connectivity index is 1.75. The van der Waals surface area contributed by atoms with Gasteiger partial charge in [-0.3, -0.25) is 0 Å². The van der Waals surface area contributed by atoms with Gasteiger partial charge in [-0.1, -0.05) is 42.1 Å². The van der Waals surface area contributed by atoms with E-state index >= 15 is 0 Å². The summed E-state index contributed by atoms with van der Waals surface area (Å²) in [7, 11) is 0. The second kappa shape index (κ2) is 7.47. The molecule has 6 heteroatoms. The number of thiazole rings is 1. The number of benzene rings is 2. The van der Waals surface area contributed by atoms with E-state index in [1.54, 1.807) is 42.2 Å². The van der Waals surface area contributed by atoms with Crippen molar-refractivity contribution in [3.63, 3.8) is 0 Å². The predicted octanol–water partition coefficient (Wildman–Crippen LogP) is 4.66. The molecule has 24 heavy (non-hydrogen) atoms. The molecule has 1 aromatic heterocycles. The topological polar surface area (TPSA) is 63.0 Å². The van der Waals surface area contributed by atoms with Crippen molar-refractivity contribution in [3.05, 3.63) is 59.7 Å². The molecule has 0 aliphatic heterocycles. The minimum absolute atomic E-state index is 0.468. The van der Waals surface area contributed by atoms with E-state index in [0.717, 1.165) is 20.1 Å². The minimum Gasteiger partial charge on any atom is -0.444 e. The molecule has 0 N–H and O–H groups in total. The van der Waals surface area contributed by atoms with Gasteiger partial charge in [-0.05, 0) is 30.7 Å². The van der Waals surface area contributed by atoms with Crippen molar-refractivity contribution in [3.8, 4) is 6.07 Å². The number of fused-ring (bicyclic) bond motifs is 1. The van der Waals surface area contributed by atoms with Gasteiger partial charge in [-0.25, -0.2) is 9.78 Å². The molecule has 0 fully saturated rings. The largest absolute Gasteiger partial charge is 0.444 e. The number of ether oxygens (including phenoxy) is 1. The van der Waals surface area contributed by atoms with Crippen molar-refractivity contribution in [2.75, 3.05) is 0 Å². The van der Waals surface area contributed by atoms with Crippen LogP contribution in [0.25, 0.3) is 10.2 Å². The van der Waals surface area contributed by atoms with E-state index < -0.39 is 12.1 Å². The third-order valence-electron chi connectivity index (χ3n) is 3.33. The SMILES string of the molecule is C[C@H](C#N)OC(=O)c1ccccc1CSc1nc2ccccc2s1. The zero-order valence-corrected chi connectivity index (χ0v) is 14.6. The molecule has 1 atom stereocenters. The summed E-state index contributed by atoms with van der Waals surface area (Å²) >= 11 is 3.23. The first-order valence-corrected chi connectivity index (χ1v) is 9.14. The smallest absolute Gasteiger partial charge is 0.339 e. The normalized spacial score (nSPS) is 11.8. The summed E-state index contributed by atoms with van der Waals surface area (Å²) in [6.07, 6.45) is -0.762. The van der Waals surface area contributed by atoms with Crippen molar-refractivity contribution in [1.82, 2.24) is 4.98 Å². The highest BCUT2D eigenvalue weighted by molar-refractivity contribution is 8.00. The number of hydrogen-bond donors (Lipinski definition) is 0. The third-order valence-corrected chi connectivity index (χ3v) is 5.56. The van der Waals surface area contributed by atoms with Gasteiger partial charge < -0.3 is 4.74 Å². The molecular weight excluding hydrogens is 340 g/mol. The van der Waals surface area contributed by atoms with Crippen LogP contribution in [0.3, 0.4) is 0 Å². The molecule has 0 radical (unpaired) electrons. The van der Waals surface area contributed by atoms with Gasteiger partial charge in [-0.15, -0.1) is 11.3 Å². The molecule has 3 rings (SSSR count). The number of carbonyl (C=O) groups is 1. The number of para-hydroxylation sites is 1. The van der Waals surface area contributed by atoms with Gasteiger partial charge in [0.25, 0.3) is 0 Å². The van der Waals surface area contributed by atoms with Crippen LogP contribution in [-0.4, -0.2) is 17.1 Å². The average molecular weight is 354 g/mol. The fraction of sp³-hybridized carbons (Fsp3) is 0.167. The fourth-order valence-corrected chi connectivity index (χ4v) is 4.22. The van der Waals surface area contributed by atoms with Crippen LogP contribution in [-0.2, 0) is 10.5 Å². The zero-order chi connectivity index (χ0) is 16.9. The summed E-state index contributed by atoms with van der Waals surface area (Å²) in [5.41, 5.74) is 2.35. The second-order valence-corrected chi connectivity index (χ2v) is 7.32. The maximum atomic E-state index is 12.2. The van der Waals surface area contributed by atoms with Crippen molar-refractivity contribution in [2.45, 2.75) is 23.1 Å². The first kappa shape index (κ1) is 16.5. The van der Waals surface area contributed by atoms with E-state index in [1.807, 2.05) is 42.5 Å². The van der Waals surface area contributed by atoms with Gasteiger partial charge in [-0.2, -0.15) is 5.26 Å². The molecule has 0 amide bonds. The van der Waals surface area contributed by atoms with Crippen LogP contribution in [0.15, 0.2) is 52.9 Å². The van der Waals surface area contributed by atoms with E-state index in [1.165, 1.54) is 0 Å². The molecule has 4 nitrogen and oxygen atoms in total. The molecule has 3 aromatic rings.